The molecule has 0 aliphatic heterocycles. The summed E-state index contributed by atoms with van der Waals surface area (Å²) in [7, 11) is 0. The lowest BCUT2D eigenvalue weighted by atomic mass is 9.61. The lowest BCUT2D eigenvalue weighted by Crippen LogP contribution is -2.52. The van der Waals surface area contributed by atoms with E-state index in [0.717, 1.165) is 43.0 Å². The van der Waals surface area contributed by atoms with Gasteiger partial charge in [-0.3, -0.25) is 14.2 Å². The molecule has 0 spiro atoms. The van der Waals surface area contributed by atoms with Crippen LogP contribution in [0.2, 0.25) is 0 Å². The van der Waals surface area contributed by atoms with Crippen LogP contribution in [0.1, 0.15) is 36.8 Å². The number of aliphatic carboxylic acids is 1. The van der Waals surface area contributed by atoms with Gasteiger partial charge in [0.2, 0.25) is 0 Å². The number of aryl methyl sites for hydroxylation is 2. The standard InChI is InChI=1S/C28H28FN5O3/c1-14-7-15(2)9-19(8-14)34-13-22(21-12-31-25-20(21)10-18(29)11-30-25)32-26(27(34)35)33-24-17-5-3-16(4-6-17)23(24)28(36)37/h7-13,16-17,23-24H,3-6H2,1-2H3,(H,30,31)(H,32,33)(H,36,37)/t16?,17?,23-,24-/m0/s1. The Bertz CT molecular complexity index is 1560. The number of carbonyl (C=O) groups is 1. The fourth-order valence-corrected chi connectivity index (χ4v) is 6.36. The minimum atomic E-state index is -0.837. The Hall–Kier alpha value is -4.01. The van der Waals surface area contributed by atoms with E-state index < -0.39 is 17.7 Å². The second kappa shape index (κ2) is 8.83. The predicted octanol–water partition coefficient (Wildman–Crippen LogP) is 4.83. The molecule has 0 unspecified atom stereocenters. The van der Waals surface area contributed by atoms with Gasteiger partial charge >= 0.3 is 5.97 Å². The molecule has 3 N–H and O–H groups in total. The summed E-state index contributed by atoms with van der Waals surface area (Å²) in [5.74, 6) is -1.53. The van der Waals surface area contributed by atoms with Crippen molar-refractivity contribution in [3.8, 4) is 16.9 Å². The molecule has 190 valence electrons. The molecule has 3 saturated carbocycles. The number of pyridine rings is 1. The van der Waals surface area contributed by atoms with Gasteiger partial charge in [0.25, 0.3) is 5.56 Å². The monoisotopic (exact) mass is 501 g/mol. The molecule has 7 rings (SSSR count). The SMILES string of the molecule is Cc1cc(C)cc(-n2cc(-c3c[nH]c4ncc(F)cc34)nc(N[C@H]3C4CCC(CC4)[C@@H]3C(=O)O)c2=O)c1. The molecule has 0 radical (unpaired) electrons. The third-order valence-corrected chi connectivity index (χ3v) is 7.97. The van der Waals surface area contributed by atoms with Crippen LogP contribution in [0.5, 0.6) is 0 Å². The molecule has 8 nitrogen and oxygen atoms in total. The van der Waals surface area contributed by atoms with Crippen LogP contribution >= 0.6 is 0 Å². The van der Waals surface area contributed by atoms with E-state index in [1.807, 2.05) is 32.0 Å². The van der Waals surface area contributed by atoms with E-state index in [-0.39, 0.29) is 29.3 Å². The maximum atomic E-state index is 14.1. The number of aromatic nitrogens is 4. The van der Waals surface area contributed by atoms with Gasteiger partial charge in [0.1, 0.15) is 11.5 Å². The van der Waals surface area contributed by atoms with E-state index in [1.165, 1.54) is 10.6 Å². The molecule has 3 fully saturated rings. The largest absolute Gasteiger partial charge is 0.481 e. The number of rotatable bonds is 5. The zero-order valence-electron chi connectivity index (χ0n) is 20.7. The van der Waals surface area contributed by atoms with Gasteiger partial charge in [-0.25, -0.2) is 14.4 Å². The van der Waals surface area contributed by atoms with Crippen LogP contribution < -0.4 is 10.9 Å². The first-order valence-electron chi connectivity index (χ1n) is 12.6. The molecular weight excluding hydrogens is 473 g/mol. The van der Waals surface area contributed by atoms with Gasteiger partial charge in [0.15, 0.2) is 5.82 Å². The number of H-pyrrole nitrogens is 1. The maximum absolute atomic E-state index is 14.1. The Morgan fingerprint density at radius 2 is 1.81 bits per heavy atom. The first-order chi connectivity index (χ1) is 17.8. The van der Waals surface area contributed by atoms with Crippen molar-refractivity contribution in [2.45, 2.75) is 45.6 Å². The number of nitrogens with zero attached hydrogens (tertiary/aromatic N) is 3. The summed E-state index contributed by atoms with van der Waals surface area (Å²) in [6.07, 6.45) is 8.15. The molecule has 0 amide bonds. The Balaban J connectivity index is 1.53. The van der Waals surface area contributed by atoms with Gasteiger partial charge in [-0.15, -0.1) is 0 Å². The van der Waals surface area contributed by atoms with Gasteiger partial charge in [-0.05, 0) is 80.7 Å². The van der Waals surface area contributed by atoms with Crippen LogP contribution in [-0.2, 0) is 4.79 Å². The average Bonchev–Trinajstić information content (AvgIpc) is 3.28. The molecular formula is C28H28FN5O3. The van der Waals surface area contributed by atoms with Crippen LogP contribution in [0.25, 0.3) is 28.0 Å². The normalized spacial score (nSPS) is 22.9. The number of aromatic amines is 1. The summed E-state index contributed by atoms with van der Waals surface area (Å²) in [5, 5.41) is 13.9. The third-order valence-electron chi connectivity index (χ3n) is 7.97. The fraction of sp³-hybridized carbons (Fsp3) is 0.357. The predicted molar refractivity (Wildman–Crippen MR) is 138 cm³/mol. The Labute approximate surface area is 212 Å². The minimum Gasteiger partial charge on any atom is -0.481 e. The Morgan fingerprint density at radius 1 is 1.11 bits per heavy atom. The van der Waals surface area contributed by atoms with E-state index in [9.17, 15) is 19.1 Å². The molecule has 4 aromatic rings. The summed E-state index contributed by atoms with van der Waals surface area (Å²) >= 11 is 0. The molecule has 2 bridgehead atoms. The second-order valence-corrected chi connectivity index (χ2v) is 10.5. The van der Waals surface area contributed by atoms with Gasteiger partial charge < -0.3 is 15.4 Å². The lowest BCUT2D eigenvalue weighted by molar-refractivity contribution is -0.148. The zero-order chi connectivity index (χ0) is 25.8. The minimum absolute atomic E-state index is 0.0903. The smallest absolute Gasteiger partial charge is 0.308 e. The van der Waals surface area contributed by atoms with Crippen LogP contribution in [0, 0.1) is 37.4 Å². The first kappa shape index (κ1) is 23.4. The number of anilines is 1. The number of halogens is 1. The molecule has 3 aliphatic carbocycles. The summed E-state index contributed by atoms with van der Waals surface area (Å²) in [4.78, 5) is 37.9. The van der Waals surface area contributed by atoms with Crippen molar-refractivity contribution in [3.05, 3.63) is 70.2 Å². The number of hydrogen-bond donors (Lipinski definition) is 3. The summed E-state index contributed by atoms with van der Waals surface area (Å²) in [6.45, 7) is 3.93. The number of benzene rings is 1. The molecule has 3 heterocycles. The summed E-state index contributed by atoms with van der Waals surface area (Å²) < 4.78 is 15.6. The Kier molecular flexibility index (Phi) is 5.58. The van der Waals surface area contributed by atoms with Crippen molar-refractivity contribution in [1.82, 2.24) is 19.5 Å². The fourth-order valence-electron chi connectivity index (χ4n) is 6.36. The van der Waals surface area contributed by atoms with Crippen LogP contribution in [-0.4, -0.2) is 36.6 Å². The van der Waals surface area contributed by atoms with Crippen LogP contribution in [0.15, 0.2) is 47.7 Å². The maximum Gasteiger partial charge on any atom is 0.308 e. The number of nitrogens with one attached hydrogen (secondary N) is 2. The van der Waals surface area contributed by atoms with E-state index >= 15 is 0 Å². The average molecular weight is 502 g/mol. The van der Waals surface area contributed by atoms with E-state index in [4.69, 9.17) is 0 Å². The summed E-state index contributed by atoms with van der Waals surface area (Å²) in [6, 6.07) is 6.87. The molecule has 0 saturated heterocycles. The third kappa shape index (κ3) is 4.08. The number of fused-ring (bicyclic) bond motifs is 4. The van der Waals surface area contributed by atoms with Gasteiger partial charge in [-0.2, -0.15) is 0 Å². The quantitative estimate of drug-likeness (QED) is 0.361. The number of hydrogen-bond acceptors (Lipinski definition) is 5. The molecule has 9 heteroatoms. The van der Waals surface area contributed by atoms with Crippen molar-refractivity contribution in [3.63, 3.8) is 0 Å². The second-order valence-electron chi connectivity index (χ2n) is 10.5. The van der Waals surface area contributed by atoms with E-state index in [1.54, 1.807) is 12.4 Å². The highest BCUT2D eigenvalue weighted by atomic mass is 19.1. The van der Waals surface area contributed by atoms with Crippen molar-refractivity contribution in [1.29, 1.82) is 0 Å². The molecule has 3 aliphatic rings. The molecule has 3 aromatic heterocycles. The highest BCUT2D eigenvalue weighted by Crippen LogP contribution is 2.46. The topological polar surface area (TPSA) is 113 Å². The van der Waals surface area contributed by atoms with Gasteiger partial charge in [-0.1, -0.05) is 6.07 Å². The summed E-state index contributed by atoms with van der Waals surface area (Å²) in [5.41, 5.74) is 3.89. The van der Waals surface area contributed by atoms with Crippen molar-refractivity contribution in [2.75, 3.05) is 5.32 Å². The number of carboxylic acid groups (broad SMARTS) is 1. The van der Waals surface area contributed by atoms with E-state index in [0.29, 0.717) is 28.0 Å². The lowest BCUT2D eigenvalue weighted by Gasteiger charge is -2.47. The van der Waals surface area contributed by atoms with Crippen molar-refractivity contribution in [2.24, 2.45) is 17.8 Å². The molecule has 37 heavy (non-hydrogen) atoms. The first-order valence-corrected chi connectivity index (χ1v) is 12.6. The van der Waals surface area contributed by atoms with Crippen LogP contribution in [0.4, 0.5) is 10.2 Å². The van der Waals surface area contributed by atoms with Gasteiger partial charge in [0.05, 0.1) is 17.8 Å². The zero-order valence-corrected chi connectivity index (χ0v) is 20.7. The highest BCUT2D eigenvalue weighted by molar-refractivity contribution is 5.92. The highest BCUT2D eigenvalue weighted by Gasteiger charge is 2.47. The van der Waals surface area contributed by atoms with Crippen molar-refractivity contribution < 1.29 is 14.3 Å². The Morgan fingerprint density at radius 3 is 2.51 bits per heavy atom. The van der Waals surface area contributed by atoms with Crippen molar-refractivity contribution >= 4 is 22.8 Å². The van der Waals surface area contributed by atoms with E-state index in [2.05, 4.69) is 20.3 Å². The van der Waals surface area contributed by atoms with Crippen LogP contribution in [0.3, 0.4) is 0 Å². The molecule has 2 atom stereocenters. The van der Waals surface area contributed by atoms with Gasteiger partial charge in [0, 0.05) is 35.1 Å². The number of carboxylic acids is 1. The molecule has 1 aromatic carbocycles.